The van der Waals surface area contributed by atoms with Gasteiger partial charge in [0.1, 0.15) is 0 Å². The fourth-order valence-electron chi connectivity index (χ4n) is 2.34. The highest BCUT2D eigenvalue weighted by atomic mass is 16.4. The van der Waals surface area contributed by atoms with Crippen LogP contribution in [-0.2, 0) is 4.79 Å². The number of hydrogen-bond donors (Lipinski definition) is 2. The number of rotatable bonds is 9. The predicted octanol–water partition coefficient (Wildman–Crippen LogP) is 3.03. The first kappa shape index (κ1) is 15.4. The van der Waals surface area contributed by atoms with Crippen molar-refractivity contribution in [2.75, 3.05) is 0 Å². The minimum Gasteiger partial charge on any atom is -0.481 e. The van der Waals surface area contributed by atoms with E-state index in [1.54, 1.807) is 0 Å². The highest BCUT2D eigenvalue weighted by molar-refractivity contribution is 5.67. The molecular weight excluding hydrogens is 202 g/mol. The molecule has 0 heterocycles. The molecule has 0 amide bonds. The molecule has 96 valence electrons. The van der Waals surface area contributed by atoms with Crippen LogP contribution in [-0.4, -0.2) is 17.1 Å². The van der Waals surface area contributed by atoms with Crippen molar-refractivity contribution in [1.29, 1.82) is 0 Å². The Hall–Kier alpha value is -0.570. The first-order valence-corrected chi connectivity index (χ1v) is 6.52. The number of carboxylic acids is 1. The average Bonchev–Trinajstić information content (AvgIpc) is 2.22. The summed E-state index contributed by atoms with van der Waals surface area (Å²) >= 11 is 0. The van der Waals surface area contributed by atoms with Crippen molar-refractivity contribution in [3.05, 3.63) is 0 Å². The van der Waals surface area contributed by atoms with E-state index in [1.807, 2.05) is 0 Å². The summed E-state index contributed by atoms with van der Waals surface area (Å²) in [6.45, 7) is 6.50. The zero-order valence-electron chi connectivity index (χ0n) is 10.9. The quantitative estimate of drug-likeness (QED) is 0.638. The molecule has 0 rings (SSSR count). The van der Waals surface area contributed by atoms with Gasteiger partial charge in [-0.05, 0) is 18.3 Å². The van der Waals surface area contributed by atoms with E-state index < -0.39 is 5.97 Å². The third-order valence-electron chi connectivity index (χ3n) is 3.45. The summed E-state index contributed by atoms with van der Waals surface area (Å²) in [5.41, 5.74) is 5.95. The van der Waals surface area contributed by atoms with E-state index in [0.29, 0.717) is 11.8 Å². The van der Waals surface area contributed by atoms with E-state index in [2.05, 4.69) is 20.8 Å². The molecule has 3 atom stereocenters. The van der Waals surface area contributed by atoms with Gasteiger partial charge in [0.25, 0.3) is 0 Å². The minimum atomic E-state index is -0.783. The van der Waals surface area contributed by atoms with E-state index in [9.17, 15) is 4.79 Å². The molecule has 0 aliphatic carbocycles. The van der Waals surface area contributed by atoms with Crippen molar-refractivity contribution in [3.63, 3.8) is 0 Å². The highest BCUT2D eigenvalue weighted by Crippen LogP contribution is 2.25. The number of carboxylic acid groups (broad SMARTS) is 1. The number of aliphatic carboxylic acids is 1. The monoisotopic (exact) mass is 229 g/mol. The smallest absolute Gasteiger partial charge is 0.304 e. The van der Waals surface area contributed by atoms with Gasteiger partial charge in [-0.1, -0.05) is 46.5 Å². The SMILES string of the molecule is CCCC(CC)CC(CC)C(N)CC(=O)O. The van der Waals surface area contributed by atoms with Crippen LogP contribution in [0.5, 0.6) is 0 Å². The van der Waals surface area contributed by atoms with Gasteiger partial charge in [0.2, 0.25) is 0 Å². The summed E-state index contributed by atoms with van der Waals surface area (Å²) in [5, 5.41) is 8.74. The molecule has 0 spiro atoms. The predicted molar refractivity (Wildman–Crippen MR) is 67.3 cm³/mol. The molecule has 0 saturated heterocycles. The summed E-state index contributed by atoms with van der Waals surface area (Å²) in [4.78, 5) is 10.6. The van der Waals surface area contributed by atoms with Crippen molar-refractivity contribution in [3.8, 4) is 0 Å². The first-order valence-electron chi connectivity index (χ1n) is 6.52. The Bertz CT molecular complexity index is 194. The molecule has 0 aromatic rings. The zero-order valence-corrected chi connectivity index (χ0v) is 10.9. The normalized spacial score (nSPS) is 16.8. The summed E-state index contributed by atoms with van der Waals surface area (Å²) in [6.07, 6.45) is 5.76. The molecule has 0 bridgehead atoms. The van der Waals surface area contributed by atoms with Gasteiger partial charge >= 0.3 is 5.97 Å². The largest absolute Gasteiger partial charge is 0.481 e. The average molecular weight is 229 g/mol. The second-order valence-corrected chi connectivity index (χ2v) is 4.73. The lowest BCUT2D eigenvalue weighted by molar-refractivity contribution is -0.137. The van der Waals surface area contributed by atoms with Gasteiger partial charge < -0.3 is 10.8 Å². The minimum absolute atomic E-state index is 0.0983. The third-order valence-corrected chi connectivity index (χ3v) is 3.45. The molecule has 3 N–H and O–H groups in total. The van der Waals surface area contributed by atoms with Gasteiger partial charge in [-0.25, -0.2) is 0 Å². The highest BCUT2D eigenvalue weighted by Gasteiger charge is 2.21. The maximum Gasteiger partial charge on any atom is 0.304 e. The second kappa shape index (κ2) is 8.57. The van der Waals surface area contributed by atoms with Gasteiger partial charge in [0.15, 0.2) is 0 Å². The molecular formula is C13H27NO2. The van der Waals surface area contributed by atoms with Crippen molar-refractivity contribution in [2.24, 2.45) is 17.6 Å². The third kappa shape index (κ3) is 6.11. The lowest BCUT2D eigenvalue weighted by Crippen LogP contribution is -2.33. The fraction of sp³-hybridized carbons (Fsp3) is 0.923. The molecule has 0 fully saturated rings. The van der Waals surface area contributed by atoms with E-state index in [4.69, 9.17) is 10.8 Å². The summed E-state index contributed by atoms with van der Waals surface area (Å²) < 4.78 is 0. The van der Waals surface area contributed by atoms with E-state index >= 15 is 0 Å². The van der Waals surface area contributed by atoms with Crippen LogP contribution in [0.15, 0.2) is 0 Å². The Morgan fingerprint density at radius 1 is 1.25 bits per heavy atom. The molecule has 0 radical (unpaired) electrons. The van der Waals surface area contributed by atoms with Crippen LogP contribution in [0.25, 0.3) is 0 Å². The number of hydrogen-bond acceptors (Lipinski definition) is 2. The molecule has 3 unspecified atom stereocenters. The van der Waals surface area contributed by atoms with Crippen molar-refractivity contribution in [1.82, 2.24) is 0 Å². The topological polar surface area (TPSA) is 63.3 Å². The molecule has 0 aliphatic rings. The van der Waals surface area contributed by atoms with E-state index in [-0.39, 0.29) is 12.5 Å². The van der Waals surface area contributed by atoms with E-state index in [0.717, 1.165) is 12.8 Å². The van der Waals surface area contributed by atoms with Gasteiger partial charge in [0, 0.05) is 6.04 Å². The van der Waals surface area contributed by atoms with Crippen LogP contribution in [0.2, 0.25) is 0 Å². The number of nitrogens with two attached hydrogens (primary N) is 1. The van der Waals surface area contributed by atoms with Crippen LogP contribution in [0.3, 0.4) is 0 Å². The van der Waals surface area contributed by atoms with Crippen molar-refractivity contribution >= 4 is 5.97 Å². The van der Waals surface area contributed by atoms with Gasteiger partial charge in [-0.15, -0.1) is 0 Å². The fourth-order valence-corrected chi connectivity index (χ4v) is 2.34. The standard InChI is InChI=1S/C13H27NO2/c1-4-7-10(5-2)8-11(6-3)12(14)9-13(15)16/h10-12H,4-9,14H2,1-3H3,(H,15,16). The van der Waals surface area contributed by atoms with Crippen LogP contribution in [0, 0.1) is 11.8 Å². The second-order valence-electron chi connectivity index (χ2n) is 4.73. The van der Waals surface area contributed by atoms with Crippen molar-refractivity contribution < 1.29 is 9.90 Å². The Kier molecular flexibility index (Phi) is 8.26. The lowest BCUT2D eigenvalue weighted by Gasteiger charge is -2.25. The first-order chi connectivity index (χ1) is 7.54. The van der Waals surface area contributed by atoms with E-state index in [1.165, 1.54) is 19.3 Å². The summed E-state index contributed by atoms with van der Waals surface area (Å²) in [5.74, 6) is 0.275. The van der Waals surface area contributed by atoms with Crippen LogP contribution >= 0.6 is 0 Å². The summed E-state index contributed by atoms with van der Waals surface area (Å²) in [6, 6.07) is -0.187. The van der Waals surface area contributed by atoms with Crippen LogP contribution in [0.4, 0.5) is 0 Å². The van der Waals surface area contributed by atoms with Gasteiger partial charge in [-0.3, -0.25) is 4.79 Å². The zero-order chi connectivity index (χ0) is 12.6. The molecule has 0 saturated carbocycles. The Balaban J connectivity index is 4.19. The Labute approximate surface area is 99.4 Å². The maximum absolute atomic E-state index is 10.6. The Morgan fingerprint density at radius 2 is 1.88 bits per heavy atom. The maximum atomic E-state index is 10.6. The van der Waals surface area contributed by atoms with Crippen LogP contribution in [0.1, 0.15) is 59.3 Å². The molecule has 0 aliphatic heterocycles. The molecule has 3 heteroatoms. The van der Waals surface area contributed by atoms with Crippen molar-refractivity contribution in [2.45, 2.75) is 65.3 Å². The van der Waals surface area contributed by atoms with Gasteiger partial charge in [0.05, 0.1) is 6.42 Å². The molecule has 3 nitrogen and oxygen atoms in total. The lowest BCUT2D eigenvalue weighted by atomic mass is 9.83. The molecule has 16 heavy (non-hydrogen) atoms. The Morgan fingerprint density at radius 3 is 2.25 bits per heavy atom. The molecule has 0 aromatic heterocycles. The van der Waals surface area contributed by atoms with Crippen LogP contribution < -0.4 is 5.73 Å². The van der Waals surface area contributed by atoms with Gasteiger partial charge in [-0.2, -0.15) is 0 Å². The molecule has 0 aromatic carbocycles. The summed E-state index contributed by atoms with van der Waals surface area (Å²) in [7, 11) is 0. The number of carbonyl (C=O) groups is 1.